The lowest BCUT2D eigenvalue weighted by Gasteiger charge is -2.36. The first kappa shape index (κ1) is 18.1. The van der Waals surface area contributed by atoms with Crippen LogP contribution < -0.4 is 14.8 Å². The molecule has 0 aliphatic carbocycles. The topological polar surface area (TPSA) is 33.7 Å². The smallest absolute Gasteiger partial charge is 0.124 e. The Morgan fingerprint density at radius 2 is 1.84 bits per heavy atom. The number of ether oxygens (including phenoxy) is 2. The molecule has 3 rings (SSSR count). The van der Waals surface area contributed by atoms with E-state index >= 15 is 0 Å². The van der Waals surface area contributed by atoms with Gasteiger partial charge in [0.2, 0.25) is 0 Å². The van der Waals surface area contributed by atoms with E-state index in [9.17, 15) is 0 Å². The van der Waals surface area contributed by atoms with E-state index in [1.807, 2.05) is 37.3 Å². The van der Waals surface area contributed by atoms with Crippen LogP contribution in [-0.2, 0) is 0 Å². The summed E-state index contributed by atoms with van der Waals surface area (Å²) >= 11 is 6.34. The molecule has 0 saturated carbocycles. The zero-order chi connectivity index (χ0) is 17.6. The van der Waals surface area contributed by atoms with Crippen molar-refractivity contribution in [2.24, 2.45) is 0 Å². The van der Waals surface area contributed by atoms with Crippen LogP contribution in [0, 0.1) is 0 Å². The molecule has 1 fully saturated rings. The molecule has 2 aromatic carbocycles. The fourth-order valence-corrected chi connectivity index (χ4v) is 3.59. The SMILES string of the molecule is CCOc1ccc(Cl)cc1C(c1ccccc1OC)N1CCNCC1. The first-order chi connectivity index (χ1) is 12.2. The van der Waals surface area contributed by atoms with Gasteiger partial charge in [0.25, 0.3) is 0 Å². The number of nitrogens with zero attached hydrogens (tertiary/aromatic N) is 1. The quantitative estimate of drug-likeness (QED) is 0.850. The molecule has 4 nitrogen and oxygen atoms in total. The average molecular weight is 361 g/mol. The first-order valence-corrected chi connectivity index (χ1v) is 9.12. The van der Waals surface area contributed by atoms with Gasteiger partial charge in [0.1, 0.15) is 11.5 Å². The van der Waals surface area contributed by atoms with E-state index in [2.05, 4.69) is 22.3 Å². The van der Waals surface area contributed by atoms with Crippen molar-refractivity contribution in [3.05, 3.63) is 58.6 Å². The van der Waals surface area contributed by atoms with Crippen molar-refractivity contribution < 1.29 is 9.47 Å². The van der Waals surface area contributed by atoms with Gasteiger partial charge in [0, 0.05) is 42.3 Å². The van der Waals surface area contributed by atoms with Crippen LogP contribution in [0.1, 0.15) is 24.1 Å². The normalized spacial score (nSPS) is 16.4. The summed E-state index contributed by atoms with van der Waals surface area (Å²) in [5, 5.41) is 4.14. The molecule has 5 heteroatoms. The molecule has 1 aliphatic rings. The fraction of sp³-hybridized carbons (Fsp3) is 0.400. The molecular weight excluding hydrogens is 336 g/mol. The van der Waals surface area contributed by atoms with E-state index < -0.39 is 0 Å². The summed E-state index contributed by atoms with van der Waals surface area (Å²) in [6.07, 6.45) is 0. The summed E-state index contributed by atoms with van der Waals surface area (Å²) in [6, 6.07) is 14.1. The summed E-state index contributed by atoms with van der Waals surface area (Å²) < 4.78 is 11.6. The largest absolute Gasteiger partial charge is 0.496 e. The highest BCUT2D eigenvalue weighted by Gasteiger charge is 2.29. The number of hydrogen-bond acceptors (Lipinski definition) is 4. The van der Waals surface area contributed by atoms with Crippen LogP contribution in [0.3, 0.4) is 0 Å². The van der Waals surface area contributed by atoms with Crippen molar-refractivity contribution in [3.8, 4) is 11.5 Å². The molecule has 0 radical (unpaired) electrons. The standard InChI is InChI=1S/C20H25ClN2O2/c1-3-25-19-9-8-15(21)14-17(19)20(23-12-10-22-11-13-23)16-6-4-5-7-18(16)24-2/h4-9,14,20,22H,3,10-13H2,1-2H3. The number of methoxy groups -OCH3 is 1. The fourth-order valence-electron chi connectivity index (χ4n) is 3.41. The molecule has 2 aromatic rings. The van der Waals surface area contributed by atoms with Gasteiger partial charge in [-0.2, -0.15) is 0 Å². The molecule has 134 valence electrons. The average Bonchev–Trinajstić information content (AvgIpc) is 2.65. The molecular formula is C20H25ClN2O2. The van der Waals surface area contributed by atoms with Gasteiger partial charge in [-0.1, -0.05) is 29.8 Å². The third kappa shape index (κ3) is 4.09. The Hall–Kier alpha value is -1.75. The number of halogens is 1. The Bertz CT molecular complexity index is 702. The molecule has 0 amide bonds. The first-order valence-electron chi connectivity index (χ1n) is 8.74. The second kappa shape index (κ2) is 8.56. The van der Waals surface area contributed by atoms with Crippen LogP contribution in [0.4, 0.5) is 0 Å². The minimum absolute atomic E-state index is 0.0403. The van der Waals surface area contributed by atoms with Crippen molar-refractivity contribution >= 4 is 11.6 Å². The van der Waals surface area contributed by atoms with E-state index in [1.54, 1.807) is 7.11 Å². The van der Waals surface area contributed by atoms with Crippen LogP contribution in [-0.4, -0.2) is 44.8 Å². The van der Waals surface area contributed by atoms with Gasteiger partial charge in [0.05, 0.1) is 19.8 Å². The van der Waals surface area contributed by atoms with Crippen molar-refractivity contribution in [3.63, 3.8) is 0 Å². The molecule has 0 spiro atoms. The highest BCUT2D eigenvalue weighted by atomic mass is 35.5. The lowest BCUT2D eigenvalue weighted by atomic mass is 9.94. The minimum atomic E-state index is 0.0403. The van der Waals surface area contributed by atoms with Gasteiger partial charge in [-0.3, -0.25) is 4.90 Å². The van der Waals surface area contributed by atoms with Crippen molar-refractivity contribution in [1.82, 2.24) is 10.2 Å². The number of rotatable bonds is 6. The number of hydrogen-bond donors (Lipinski definition) is 1. The lowest BCUT2D eigenvalue weighted by molar-refractivity contribution is 0.191. The zero-order valence-electron chi connectivity index (χ0n) is 14.8. The van der Waals surface area contributed by atoms with Crippen molar-refractivity contribution in [2.45, 2.75) is 13.0 Å². The monoisotopic (exact) mass is 360 g/mol. The number of benzene rings is 2. The summed E-state index contributed by atoms with van der Waals surface area (Å²) in [5.41, 5.74) is 2.22. The summed E-state index contributed by atoms with van der Waals surface area (Å²) in [7, 11) is 1.72. The summed E-state index contributed by atoms with van der Waals surface area (Å²) in [4.78, 5) is 2.46. The van der Waals surface area contributed by atoms with Crippen LogP contribution in [0.5, 0.6) is 11.5 Å². The van der Waals surface area contributed by atoms with Crippen LogP contribution >= 0.6 is 11.6 Å². The second-order valence-corrected chi connectivity index (χ2v) is 6.48. The highest BCUT2D eigenvalue weighted by Crippen LogP contribution is 2.40. The molecule has 1 N–H and O–H groups in total. The van der Waals surface area contributed by atoms with Crippen LogP contribution in [0.15, 0.2) is 42.5 Å². The zero-order valence-corrected chi connectivity index (χ0v) is 15.6. The van der Waals surface area contributed by atoms with E-state index in [1.165, 1.54) is 0 Å². The number of nitrogens with one attached hydrogen (secondary N) is 1. The molecule has 1 saturated heterocycles. The number of para-hydroxylation sites is 1. The van der Waals surface area contributed by atoms with Crippen LogP contribution in [0.25, 0.3) is 0 Å². The third-order valence-corrected chi connectivity index (χ3v) is 4.75. The van der Waals surface area contributed by atoms with E-state index in [0.717, 1.165) is 48.8 Å². The van der Waals surface area contributed by atoms with E-state index in [-0.39, 0.29) is 6.04 Å². The highest BCUT2D eigenvalue weighted by molar-refractivity contribution is 6.30. The maximum absolute atomic E-state index is 6.34. The molecule has 1 atom stereocenters. The van der Waals surface area contributed by atoms with Gasteiger partial charge in [-0.15, -0.1) is 0 Å². The Morgan fingerprint density at radius 1 is 1.08 bits per heavy atom. The van der Waals surface area contributed by atoms with Gasteiger partial charge < -0.3 is 14.8 Å². The van der Waals surface area contributed by atoms with Gasteiger partial charge in [-0.25, -0.2) is 0 Å². The maximum Gasteiger partial charge on any atom is 0.124 e. The lowest BCUT2D eigenvalue weighted by Crippen LogP contribution is -2.45. The summed E-state index contributed by atoms with van der Waals surface area (Å²) in [5.74, 6) is 1.76. The Morgan fingerprint density at radius 3 is 2.56 bits per heavy atom. The molecule has 0 aromatic heterocycles. The minimum Gasteiger partial charge on any atom is -0.496 e. The maximum atomic E-state index is 6.34. The molecule has 1 unspecified atom stereocenters. The molecule has 0 bridgehead atoms. The summed E-state index contributed by atoms with van der Waals surface area (Å²) in [6.45, 7) is 6.48. The second-order valence-electron chi connectivity index (χ2n) is 6.05. The number of piperazine rings is 1. The predicted octanol–water partition coefficient (Wildman–Crippen LogP) is 3.74. The molecule has 25 heavy (non-hydrogen) atoms. The van der Waals surface area contributed by atoms with E-state index in [0.29, 0.717) is 11.6 Å². The predicted molar refractivity (Wildman–Crippen MR) is 102 cm³/mol. The van der Waals surface area contributed by atoms with Gasteiger partial charge >= 0.3 is 0 Å². The van der Waals surface area contributed by atoms with Crippen molar-refractivity contribution in [2.75, 3.05) is 39.9 Å². The van der Waals surface area contributed by atoms with Gasteiger partial charge in [0.15, 0.2) is 0 Å². The molecule has 1 heterocycles. The van der Waals surface area contributed by atoms with Crippen LogP contribution in [0.2, 0.25) is 5.02 Å². The molecule has 1 aliphatic heterocycles. The Labute approximate surface area is 154 Å². The Kier molecular flexibility index (Phi) is 6.19. The van der Waals surface area contributed by atoms with Crippen molar-refractivity contribution in [1.29, 1.82) is 0 Å². The third-order valence-electron chi connectivity index (χ3n) is 4.52. The Balaban J connectivity index is 2.13. The van der Waals surface area contributed by atoms with Gasteiger partial charge in [-0.05, 0) is 31.2 Å². The van der Waals surface area contributed by atoms with E-state index in [4.69, 9.17) is 21.1 Å².